The Bertz CT molecular complexity index is 2060. The van der Waals surface area contributed by atoms with E-state index in [9.17, 15) is 32.0 Å². The molecule has 6 rings (SSSR count). The van der Waals surface area contributed by atoms with Crippen molar-refractivity contribution in [3.05, 3.63) is 93.8 Å². The first-order valence-corrected chi connectivity index (χ1v) is 18.6. The highest BCUT2D eigenvalue weighted by Gasteiger charge is 2.35. The van der Waals surface area contributed by atoms with Crippen LogP contribution in [0.25, 0.3) is 5.78 Å². The van der Waals surface area contributed by atoms with E-state index < -0.39 is 43.2 Å². The zero-order valence-electron chi connectivity index (χ0n) is 27.4. The lowest BCUT2D eigenvalue weighted by Crippen LogP contribution is -2.49. The van der Waals surface area contributed by atoms with Crippen LogP contribution in [0.15, 0.2) is 65.6 Å². The molecule has 50 heavy (non-hydrogen) atoms. The number of sulfonamides is 1. The zero-order valence-corrected chi connectivity index (χ0v) is 29.1. The lowest BCUT2D eigenvalue weighted by atomic mass is 10.1. The summed E-state index contributed by atoms with van der Waals surface area (Å²) in [6.07, 6.45) is 1.97. The molecule has 2 aromatic heterocycles. The van der Waals surface area contributed by atoms with E-state index >= 15 is 0 Å². The summed E-state index contributed by atoms with van der Waals surface area (Å²) in [6.45, 7) is 4.05. The van der Waals surface area contributed by atoms with Crippen LogP contribution in [0, 0.1) is 5.82 Å². The number of benzene rings is 2. The van der Waals surface area contributed by atoms with E-state index in [0.717, 1.165) is 8.71 Å². The molecule has 264 valence electrons. The second kappa shape index (κ2) is 14.7. The van der Waals surface area contributed by atoms with Gasteiger partial charge in [-0.15, -0.1) is 0 Å². The number of hydrogen-bond acceptors (Lipinski definition) is 10. The molecule has 2 aliphatic heterocycles. The van der Waals surface area contributed by atoms with E-state index in [0.29, 0.717) is 48.7 Å². The Morgan fingerprint density at radius 3 is 2.42 bits per heavy atom. The highest BCUT2D eigenvalue weighted by Crippen LogP contribution is 2.30. The maximum atomic E-state index is 14.4. The van der Waals surface area contributed by atoms with Crippen molar-refractivity contribution in [2.24, 2.45) is 0 Å². The van der Waals surface area contributed by atoms with Gasteiger partial charge in [-0.05, 0) is 49.9 Å². The number of aldehydes is 1. The monoisotopic (exact) mass is 725 g/mol. The number of halogens is 1. The van der Waals surface area contributed by atoms with E-state index in [1.807, 2.05) is 19.9 Å². The fraction of sp³-hybridized carbons (Fsp3) is 0.382. The van der Waals surface area contributed by atoms with Crippen LogP contribution >= 0.6 is 11.8 Å². The number of thioether (sulfide) groups is 1. The van der Waals surface area contributed by atoms with Gasteiger partial charge in [-0.2, -0.15) is 0 Å². The van der Waals surface area contributed by atoms with E-state index in [2.05, 4.69) is 4.98 Å². The molecule has 0 saturated carbocycles. The molecule has 0 aliphatic carbocycles. The highest BCUT2D eigenvalue weighted by atomic mass is 32.2. The molecule has 0 bridgehead atoms. The minimum Gasteiger partial charge on any atom is -0.481 e. The molecular formula is C34H36FN5O8S2. The first-order chi connectivity index (χ1) is 23.9. The summed E-state index contributed by atoms with van der Waals surface area (Å²) in [4.78, 5) is 60.3. The Kier molecular flexibility index (Phi) is 10.4. The van der Waals surface area contributed by atoms with Crippen LogP contribution in [0.5, 0.6) is 5.75 Å². The van der Waals surface area contributed by atoms with Gasteiger partial charge in [0.1, 0.15) is 31.1 Å². The third-order valence-corrected chi connectivity index (χ3v) is 11.2. The average Bonchev–Trinajstić information content (AvgIpc) is 3.62. The standard InChI is InChI=1S/C34H36FN5O8S2/c1-22-16-37(17-23(2)48-22)29(42)19-38-18-28(39-13-6-14-50(39,45)46)40-32(43)31(47-21-25-7-4-3-5-8-25)30(36-34(38)40)33(44)49-27(20-41)15-24-9-11-26(35)12-10-24/h3-5,7-12,18,20,22-23,27H,6,13-17,19,21H2,1-2H3/t22-,23-,27?/m0/s1. The van der Waals surface area contributed by atoms with E-state index in [1.165, 1.54) is 35.0 Å². The smallest absolute Gasteiger partial charge is 0.303 e. The van der Waals surface area contributed by atoms with Gasteiger partial charge in [0.05, 0.1) is 29.4 Å². The maximum absolute atomic E-state index is 14.4. The molecule has 16 heteroatoms. The predicted octanol–water partition coefficient (Wildman–Crippen LogP) is 3.07. The summed E-state index contributed by atoms with van der Waals surface area (Å²) in [6, 6.07) is 14.4. The zero-order chi connectivity index (χ0) is 35.6. The molecule has 4 aromatic rings. The quantitative estimate of drug-likeness (QED) is 0.211. The number of morpholine rings is 1. The van der Waals surface area contributed by atoms with Gasteiger partial charge < -0.3 is 23.7 Å². The van der Waals surface area contributed by atoms with Gasteiger partial charge in [-0.25, -0.2) is 22.2 Å². The number of aromatic nitrogens is 3. The molecule has 3 atom stereocenters. The summed E-state index contributed by atoms with van der Waals surface area (Å²) in [5, 5.41) is -1.67. The van der Waals surface area contributed by atoms with Crippen LogP contribution in [0.3, 0.4) is 0 Å². The van der Waals surface area contributed by atoms with Crippen LogP contribution < -0.4 is 14.6 Å². The van der Waals surface area contributed by atoms with Crippen molar-refractivity contribution < 1.29 is 36.7 Å². The molecule has 2 fully saturated rings. The van der Waals surface area contributed by atoms with Crippen molar-refractivity contribution in [2.75, 3.05) is 29.7 Å². The Balaban J connectivity index is 1.45. The van der Waals surface area contributed by atoms with Gasteiger partial charge in [0, 0.05) is 19.6 Å². The molecule has 1 unspecified atom stereocenters. The normalized spacial score (nSPS) is 19.4. The lowest BCUT2D eigenvalue weighted by Gasteiger charge is -2.35. The highest BCUT2D eigenvalue weighted by molar-refractivity contribution is 8.15. The topological polar surface area (TPSA) is 150 Å². The number of amides is 1. The maximum Gasteiger partial charge on any atom is 0.303 e. The van der Waals surface area contributed by atoms with Crippen molar-refractivity contribution in [3.8, 4) is 5.75 Å². The number of carbonyl (C=O) groups is 3. The molecule has 0 spiro atoms. The van der Waals surface area contributed by atoms with Gasteiger partial charge in [0.25, 0.3) is 0 Å². The van der Waals surface area contributed by atoms with Crippen molar-refractivity contribution in [1.29, 1.82) is 0 Å². The average molecular weight is 726 g/mol. The van der Waals surface area contributed by atoms with Gasteiger partial charge in [-0.3, -0.25) is 18.7 Å². The van der Waals surface area contributed by atoms with Crippen LogP contribution in [0.1, 0.15) is 41.9 Å². The van der Waals surface area contributed by atoms with Crippen LogP contribution in [0.2, 0.25) is 0 Å². The first-order valence-electron chi connectivity index (χ1n) is 16.1. The largest absolute Gasteiger partial charge is 0.481 e. The van der Waals surface area contributed by atoms with E-state index in [4.69, 9.17) is 9.47 Å². The Morgan fingerprint density at radius 1 is 1.08 bits per heavy atom. The number of fused-ring (bicyclic) bond motifs is 1. The number of carbonyl (C=O) groups excluding carboxylic acids is 3. The van der Waals surface area contributed by atoms with Crippen molar-refractivity contribution in [2.45, 2.75) is 57.3 Å². The van der Waals surface area contributed by atoms with Crippen LogP contribution in [-0.2, 0) is 43.9 Å². The Labute approximate surface area is 292 Å². The van der Waals surface area contributed by atoms with E-state index in [1.54, 1.807) is 29.2 Å². The SMILES string of the molecule is C[C@H]1CN(C(=O)Cn2cc(N3CCCS3(=O)=O)n3c(=O)c(OCc4ccccc4)c(C(=O)SC(C=O)Cc4ccc(F)cc4)nc23)C[C@H](C)O1. The summed E-state index contributed by atoms with van der Waals surface area (Å²) in [7, 11) is -3.80. The number of imidazole rings is 1. The molecule has 1 amide bonds. The number of anilines is 1. The molecule has 0 radical (unpaired) electrons. The van der Waals surface area contributed by atoms with Crippen molar-refractivity contribution in [1.82, 2.24) is 18.9 Å². The third kappa shape index (κ3) is 7.61. The number of hydrogen-bond donors (Lipinski definition) is 0. The van der Waals surface area contributed by atoms with Gasteiger partial charge in [0.15, 0.2) is 5.69 Å². The molecule has 0 N–H and O–H groups in total. The lowest BCUT2D eigenvalue weighted by molar-refractivity contribution is -0.143. The van der Waals surface area contributed by atoms with Crippen molar-refractivity contribution >= 4 is 50.7 Å². The first kappa shape index (κ1) is 35.3. The molecule has 2 saturated heterocycles. The van der Waals surface area contributed by atoms with Gasteiger partial charge >= 0.3 is 5.56 Å². The molecule has 2 aliphatic rings. The van der Waals surface area contributed by atoms with Crippen LogP contribution in [0.4, 0.5) is 10.2 Å². The second-order valence-corrected chi connectivity index (χ2v) is 15.6. The number of rotatable bonds is 11. The number of ether oxygens (including phenoxy) is 2. The summed E-state index contributed by atoms with van der Waals surface area (Å²) in [5.74, 6) is -1.51. The van der Waals surface area contributed by atoms with E-state index in [-0.39, 0.29) is 61.6 Å². The van der Waals surface area contributed by atoms with Gasteiger partial charge in [0.2, 0.25) is 32.6 Å². The summed E-state index contributed by atoms with van der Waals surface area (Å²) in [5.41, 5.74) is 0.0548. The summed E-state index contributed by atoms with van der Waals surface area (Å²) < 4.78 is 55.0. The van der Waals surface area contributed by atoms with Gasteiger partial charge in [-0.1, -0.05) is 54.2 Å². The number of nitrogens with zero attached hydrogens (tertiary/aromatic N) is 5. The fourth-order valence-electron chi connectivity index (χ4n) is 6.13. The molecular weight excluding hydrogens is 690 g/mol. The second-order valence-electron chi connectivity index (χ2n) is 12.3. The Hall–Kier alpha value is -4.54. The fourth-order valence-corrected chi connectivity index (χ4v) is 8.52. The molecule has 13 nitrogen and oxygen atoms in total. The minimum absolute atomic E-state index is 0.0372. The summed E-state index contributed by atoms with van der Waals surface area (Å²) >= 11 is 0.629. The van der Waals surface area contributed by atoms with Crippen molar-refractivity contribution in [3.63, 3.8) is 0 Å². The Morgan fingerprint density at radius 2 is 1.78 bits per heavy atom. The predicted molar refractivity (Wildman–Crippen MR) is 184 cm³/mol. The molecule has 4 heterocycles. The molecule has 2 aromatic carbocycles. The third-order valence-electron chi connectivity index (χ3n) is 8.39. The van der Waals surface area contributed by atoms with Crippen LogP contribution in [-0.4, -0.2) is 87.4 Å². The minimum atomic E-state index is -3.80.